The van der Waals surface area contributed by atoms with Gasteiger partial charge in [0.05, 0.1) is 19.7 Å². The lowest BCUT2D eigenvalue weighted by Crippen LogP contribution is -2.40. The summed E-state index contributed by atoms with van der Waals surface area (Å²) in [5, 5.41) is 4.62. The van der Waals surface area contributed by atoms with Gasteiger partial charge in [-0.05, 0) is 36.1 Å². The number of benzene rings is 1. The van der Waals surface area contributed by atoms with Crippen LogP contribution in [0.2, 0.25) is 5.28 Å². The molecular formula is C24H33ClN4O2. The first kappa shape index (κ1) is 24.7. The van der Waals surface area contributed by atoms with Gasteiger partial charge in [-0.2, -0.15) is 0 Å². The molecule has 6 nitrogen and oxygen atoms in total. The lowest BCUT2D eigenvalue weighted by molar-refractivity contribution is 0.237. The first-order valence-corrected chi connectivity index (χ1v) is 11.0. The van der Waals surface area contributed by atoms with Gasteiger partial charge >= 0.3 is 0 Å². The first-order valence-electron chi connectivity index (χ1n) is 10.6. The fourth-order valence-electron chi connectivity index (χ4n) is 3.56. The molecule has 1 N–H and O–H groups in total. The molecule has 1 saturated heterocycles. The van der Waals surface area contributed by atoms with Crippen molar-refractivity contribution in [2.24, 2.45) is 0 Å². The number of likely N-dealkylation sites (tertiary alicyclic amines) is 1. The topological polar surface area (TPSA) is 59.5 Å². The molecule has 0 spiro atoms. The Labute approximate surface area is 190 Å². The molecule has 0 saturated carbocycles. The number of nitrogens with one attached hydrogen (secondary N) is 1. The summed E-state index contributed by atoms with van der Waals surface area (Å²) in [5.74, 6) is 1.96. The van der Waals surface area contributed by atoms with E-state index in [0.717, 1.165) is 43.7 Å². The van der Waals surface area contributed by atoms with E-state index < -0.39 is 0 Å². The highest BCUT2D eigenvalue weighted by molar-refractivity contribution is 6.28. The molecule has 0 amide bonds. The maximum absolute atomic E-state index is 6.17. The first-order chi connectivity index (χ1) is 15.1. The van der Waals surface area contributed by atoms with E-state index in [4.69, 9.17) is 21.1 Å². The van der Waals surface area contributed by atoms with Gasteiger partial charge in [-0.1, -0.05) is 45.2 Å². The maximum atomic E-state index is 6.17. The number of ether oxygens (including phenoxy) is 2. The van der Waals surface area contributed by atoms with Crippen LogP contribution in [0.3, 0.4) is 0 Å². The number of nitrogens with zero attached hydrogens (tertiary/aromatic N) is 3. The normalized spacial score (nSPS) is 15.1. The molecular weight excluding hydrogens is 412 g/mol. The molecule has 3 rings (SSSR count). The average molecular weight is 445 g/mol. The minimum Gasteiger partial charge on any atom is -0.493 e. The molecule has 1 aromatic carbocycles. The molecule has 1 aromatic heterocycles. The van der Waals surface area contributed by atoms with Crippen LogP contribution in [0, 0.1) is 0 Å². The van der Waals surface area contributed by atoms with Crippen molar-refractivity contribution in [3.8, 4) is 11.5 Å². The van der Waals surface area contributed by atoms with Crippen LogP contribution in [0.15, 0.2) is 49.1 Å². The molecule has 0 atom stereocenters. The Balaban J connectivity index is 0.00000166. The summed E-state index contributed by atoms with van der Waals surface area (Å²) in [7, 11) is 3.21. The molecule has 2 heterocycles. The third kappa shape index (κ3) is 6.45. The molecule has 0 unspecified atom stereocenters. The smallest absolute Gasteiger partial charge is 0.224 e. The van der Waals surface area contributed by atoms with Crippen LogP contribution in [-0.2, 0) is 0 Å². The van der Waals surface area contributed by atoms with Crippen LogP contribution >= 0.6 is 11.6 Å². The summed E-state index contributed by atoms with van der Waals surface area (Å²) >= 11 is 6.17. The second-order valence-corrected chi connectivity index (χ2v) is 7.28. The van der Waals surface area contributed by atoms with Gasteiger partial charge in [0.1, 0.15) is 5.82 Å². The summed E-state index contributed by atoms with van der Waals surface area (Å²) in [6.07, 6.45) is 7.72. The van der Waals surface area contributed by atoms with E-state index >= 15 is 0 Å². The fourth-order valence-corrected chi connectivity index (χ4v) is 3.74. The number of piperidine rings is 1. The zero-order valence-electron chi connectivity index (χ0n) is 18.9. The van der Waals surface area contributed by atoms with Gasteiger partial charge in [0.2, 0.25) is 5.28 Å². The zero-order valence-corrected chi connectivity index (χ0v) is 19.7. The Morgan fingerprint density at radius 1 is 1.16 bits per heavy atom. The van der Waals surface area contributed by atoms with E-state index in [1.165, 1.54) is 5.57 Å². The lowest BCUT2D eigenvalue weighted by Gasteiger charge is -2.33. The Morgan fingerprint density at radius 2 is 1.81 bits per heavy atom. The van der Waals surface area contributed by atoms with Crippen molar-refractivity contribution in [3.05, 3.63) is 54.4 Å². The molecule has 2 aromatic rings. The third-order valence-corrected chi connectivity index (χ3v) is 5.27. The van der Waals surface area contributed by atoms with E-state index in [9.17, 15) is 0 Å². The number of fused-ring (bicyclic) bond motifs is 1. The molecule has 1 aliphatic rings. The average Bonchev–Trinajstić information content (AvgIpc) is 2.80. The summed E-state index contributed by atoms with van der Waals surface area (Å²) in [4.78, 5) is 11.2. The van der Waals surface area contributed by atoms with Crippen molar-refractivity contribution in [2.75, 3.05) is 39.2 Å². The number of hydrogen-bond donors (Lipinski definition) is 1. The standard InChI is InChI=1S/C22H27ClN4O2.C2H6/c1-5-7-15(6-2)14-27-10-8-16(9-11-27)24-21-17-12-19(28-3)20(29-4)13-18(17)25-22(23)26-21;1-2/h5-7,12-13,16H,1-2,8-11,14H2,3-4H3,(H,24,25,26);1-2H3/b15-7+;. The van der Waals surface area contributed by atoms with E-state index in [1.807, 2.05) is 38.1 Å². The number of halogens is 1. The molecule has 1 aliphatic heterocycles. The SMILES string of the molecule is C=C/C=C(\C=C)CN1CCC(Nc2nc(Cl)nc3cc(OC)c(OC)cc23)CC1.CC. The fraction of sp³-hybridized carbons (Fsp3) is 0.417. The minimum atomic E-state index is 0.204. The molecule has 0 aliphatic carbocycles. The Bertz CT molecular complexity index is 921. The minimum absolute atomic E-state index is 0.204. The van der Waals surface area contributed by atoms with Crippen molar-refractivity contribution in [1.82, 2.24) is 14.9 Å². The van der Waals surface area contributed by atoms with Crippen molar-refractivity contribution < 1.29 is 9.47 Å². The van der Waals surface area contributed by atoms with Crippen LogP contribution in [0.5, 0.6) is 11.5 Å². The Hall–Kier alpha value is -2.57. The Morgan fingerprint density at radius 3 is 2.39 bits per heavy atom. The molecule has 0 bridgehead atoms. The number of rotatable bonds is 8. The Kier molecular flexibility index (Phi) is 9.82. The van der Waals surface area contributed by atoms with Gasteiger partial charge < -0.3 is 14.8 Å². The van der Waals surface area contributed by atoms with Crippen LogP contribution in [0.1, 0.15) is 26.7 Å². The van der Waals surface area contributed by atoms with Crippen LogP contribution in [-0.4, -0.2) is 54.8 Å². The van der Waals surface area contributed by atoms with E-state index in [-0.39, 0.29) is 5.28 Å². The highest BCUT2D eigenvalue weighted by Gasteiger charge is 2.21. The second kappa shape index (κ2) is 12.3. The van der Waals surface area contributed by atoms with Gasteiger partial charge in [0, 0.05) is 37.1 Å². The van der Waals surface area contributed by atoms with Crippen LogP contribution in [0.25, 0.3) is 10.9 Å². The second-order valence-electron chi connectivity index (χ2n) is 6.94. The summed E-state index contributed by atoms with van der Waals surface area (Å²) in [6, 6.07) is 4.01. The van der Waals surface area contributed by atoms with Gasteiger partial charge in [0.25, 0.3) is 0 Å². The molecule has 7 heteroatoms. The highest BCUT2D eigenvalue weighted by atomic mass is 35.5. The van der Waals surface area contributed by atoms with Crippen molar-refractivity contribution >= 4 is 28.3 Å². The van der Waals surface area contributed by atoms with E-state index in [2.05, 4.69) is 33.3 Å². The largest absolute Gasteiger partial charge is 0.493 e. The van der Waals surface area contributed by atoms with Crippen molar-refractivity contribution in [1.29, 1.82) is 0 Å². The monoisotopic (exact) mass is 444 g/mol. The summed E-state index contributed by atoms with van der Waals surface area (Å²) in [6.45, 7) is 14.5. The van der Waals surface area contributed by atoms with Gasteiger partial charge in [-0.3, -0.25) is 4.90 Å². The number of anilines is 1. The molecule has 0 radical (unpaired) electrons. The predicted octanol–water partition coefficient (Wildman–Crippen LogP) is 5.50. The zero-order chi connectivity index (χ0) is 22.8. The molecule has 31 heavy (non-hydrogen) atoms. The maximum Gasteiger partial charge on any atom is 0.224 e. The summed E-state index contributed by atoms with van der Waals surface area (Å²) in [5.41, 5.74) is 1.90. The quantitative estimate of drug-likeness (QED) is 0.428. The lowest BCUT2D eigenvalue weighted by atomic mass is 10.0. The van der Waals surface area contributed by atoms with Crippen LogP contribution in [0.4, 0.5) is 5.82 Å². The number of allylic oxidation sites excluding steroid dienone is 2. The van der Waals surface area contributed by atoms with Gasteiger partial charge in [0.15, 0.2) is 11.5 Å². The van der Waals surface area contributed by atoms with Crippen LogP contribution < -0.4 is 14.8 Å². The van der Waals surface area contributed by atoms with Gasteiger partial charge in [-0.25, -0.2) is 9.97 Å². The third-order valence-electron chi connectivity index (χ3n) is 5.10. The number of hydrogen-bond acceptors (Lipinski definition) is 6. The van der Waals surface area contributed by atoms with Crippen molar-refractivity contribution in [2.45, 2.75) is 32.7 Å². The molecule has 1 fully saturated rings. The van der Waals surface area contributed by atoms with Gasteiger partial charge in [-0.15, -0.1) is 0 Å². The predicted molar refractivity (Wildman–Crippen MR) is 131 cm³/mol. The summed E-state index contributed by atoms with van der Waals surface area (Å²) < 4.78 is 10.8. The highest BCUT2D eigenvalue weighted by Crippen LogP contribution is 2.35. The number of methoxy groups -OCH3 is 2. The van der Waals surface area contributed by atoms with E-state index in [1.54, 1.807) is 20.3 Å². The number of aromatic nitrogens is 2. The van der Waals surface area contributed by atoms with E-state index in [0.29, 0.717) is 23.1 Å². The van der Waals surface area contributed by atoms with Crippen molar-refractivity contribution in [3.63, 3.8) is 0 Å². The molecule has 168 valence electrons.